The molecule has 0 N–H and O–H groups in total. The van der Waals surface area contributed by atoms with E-state index >= 15 is 0 Å². The van der Waals surface area contributed by atoms with Gasteiger partial charge in [0.15, 0.2) is 23.1 Å². The van der Waals surface area contributed by atoms with E-state index in [1.54, 1.807) is 6.07 Å². The first-order chi connectivity index (χ1) is 30.0. The normalized spacial score (nSPS) is 13.8. The van der Waals surface area contributed by atoms with Crippen molar-refractivity contribution in [1.29, 1.82) is 10.5 Å². The third-order valence-corrected chi connectivity index (χ3v) is 11.4. The molecule has 6 heteroatoms. The Kier molecular flexibility index (Phi) is 9.29. The van der Waals surface area contributed by atoms with Crippen LogP contribution in [0, 0.1) is 22.7 Å². The first-order valence-electron chi connectivity index (χ1n) is 20.0. The second-order valence-electron chi connectivity index (χ2n) is 15.1. The molecule has 8 aromatic carbocycles. The molecule has 2 heterocycles. The topological polar surface area (TPSA) is 95.5 Å². The molecule has 0 spiro atoms. The molecule has 61 heavy (non-hydrogen) atoms. The molecule has 1 atom stereocenters. The Morgan fingerprint density at radius 3 is 1.48 bits per heavy atom. The van der Waals surface area contributed by atoms with E-state index in [0.29, 0.717) is 39.7 Å². The Hall–Kier alpha value is -8.45. The molecule has 1 aromatic heterocycles. The van der Waals surface area contributed by atoms with Crippen LogP contribution in [0.3, 0.4) is 0 Å². The van der Waals surface area contributed by atoms with Gasteiger partial charge in [0, 0.05) is 27.8 Å². The third-order valence-electron chi connectivity index (χ3n) is 11.4. The second-order valence-corrected chi connectivity index (χ2v) is 15.1. The number of ether oxygens (including phenoxy) is 1. The lowest BCUT2D eigenvalue weighted by Gasteiger charge is -2.38. The van der Waals surface area contributed by atoms with Gasteiger partial charge in [-0.1, -0.05) is 176 Å². The van der Waals surface area contributed by atoms with E-state index in [1.165, 1.54) is 5.56 Å². The summed E-state index contributed by atoms with van der Waals surface area (Å²) in [5.41, 5.74) is 12.5. The maximum Gasteiger partial charge on any atom is 0.164 e. The molecule has 0 fully saturated rings. The Labute approximate surface area is 354 Å². The fourth-order valence-electron chi connectivity index (χ4n) is 8.25. The zero-order valence-corrected chi connectivity index (χ0v) is 33.1. The second kappa shape index (κ2) is 15.4. The van der Waals surface area contributed by atoms with Crippen molar-refractivity contribution in [2.24, 2.45) is 0 Å². The summed E-state index contributed by atoms with van der Waals surface area (Å²) in [6.45, 7) is 2.14. The van der Waals surface area contributed by atoms with Crippen LogP contribution in [0.2, 0.25) is 0 Å². The highest BCUT2D eigenvalue weighted by atomic mass is 16.5. The summed E-state index contributed by atoms with van der Waals surface area (Å²) in [6.07, 6.45) is 0. The minimum Gasteiger partial charge on any atom is -0.477 e. The molecule has 1 aliphatic heterocycles. The van der Waals surface area contributed by atoms with E-state index in [2.05, 4.69) is 97.9 Å². The lowest BCUT2D eigenvalue weighted by Crippen LogP contribution is -2.34. The number of nitriles is 2. The van der Waals surface area contributed by atoms with Crippen molar-refractivity contribution in [2.45, 2.75) is 12.5 Å². The quantitative estimate of drug-likeness (QED) is 0.160. The molecule has 286 valence electrons. The van der Waals surface area contributed by atoms with Crippen LogP contribution in [-0.2, 0) is 5.60 Å². The molecule has 6 nitrogen and oxygen atoms in total. The Morgan fingerprint density at radius 2 is 0.852 bits per heavy atom. The number of aromatic nitrogens is 3. The van der Waals surface area contributed by atoms with Crippen molar-refractivity contribution in [3.63, 3.8) is 0 Å². The smallest absolute Gasteiger partial charge is 0.164 e. The van der Waals surface area contributed by atoms with Gasteiger partial charge in [-0.3, -0.25) is 0 Å². The van der Waals surface area contributed by atoms with Crippen molar-refractivity contribution >= 4 is 0 Å². The maximum absolute atomic E-state index is 10.4. The van der Waals surface area contributed by atoms with E-state index in [0.717, 1.165) is 61.4 Å². The van der Waals surface area contributed by atoms with Gasteiger partial charge in [-0.25, -0.2) is 15.0 Å². The minimum atomic E-state index is -0.642. The van der Waals surface area contributed by atoms with Gasteiger partial charge in [0.1, 0.15) is 5.75 Å². The van der Waals surface area contributed by atoms with Gasteiger partial charge in [0.2, 0.25) is 0 Å². The van der Waals surface area contributed by atoms with Crippen molar-refractivity contribution in [3.8, 4) is 96.6 Å². The van der Waals surface area contributed by atoms with Gasteiger partial charge in [-0.05, 0) is 69.6 Å². The van der Waals surface area contributed by atoms with Gasteiger partial charge in [0.25, 0.3) is 0 Å². The molecule has 10 rings (SSSR count). The lowest BCUT2D eigenvalue weighted by molar-refractivity contribution is 0.129. The molecule has 0 amide bonds. The fraction of sp³-hybridized carbons (Fsp3) is 0.0364. The van der Waals surface area contributed by atoms with Gasteiger partial charge in [-0.2, -0.15) is 10.5 Å². The summed E-state index contributed by atoms with van der Waals surface area (Å²) in [7, 11) is 0. The standard InChI is InChI=1S/C55H35N5O/c1-55(45-17-9-4-10-18-45)50-20-12-11-19-48(50)49-30-25-40(33-51(49)61-55)36-21-23-37(24-22-36)46-28-26-41(31-43(46)34-56)47-29-27-42(32-44(47)35-57)54-59-52(38-13-5-2-6-14-38)58-53(60-54)39-15-7-3-8-16-39/h2-33H,1H3. The summed E-state index contributed by atoms with van der Waals surface area (Å²) < 4.78 is 6.89. The van der Waals surface area contributed by atoms with E-state index in [-0.39, 0.29) is 0 Å². The van der Waals surface area contributed by atoms with Crippen LogP contribution < -0.4 is 4.74 Å². The maximum atomic E-state index is 10.4. The van der Waals surface area contributed by atoms with Gasteiger partial charge in [0.05, 0.1) is 23.3 Å². The monoisotopic (exact) mass is 781 g/mol. The molecular formula is C55H35N5O. The van der Waals surface area contributed by atoms with Gasteiger partial charge >= 0.3 is 0 Å². The SMILES string of the molecule is CC1(c2ccccc2)Oc2cc(-c3ccc(-c4ccc(-c5ccc(-c6nc(-c7ccccc7)nc(-c7ccccc7)n6)cc5C#N)cc4C#N)cc3)ccc2-c2ccccc21. The first-order valence-corrected chi connectivity index (χ1v) is 20.0. The average Bonchev–Trinajstić information content (AvgIpc) is 3.34. The minimum absolute atomic E-state index is 0.447. The lowest BCUT2D eigenvalue weighted by atomic mass is 9.80. The predicted octanol–water partition coefficient (Wildman–Crippen LogP) is 12.9. The van der Waals surface area contributed by atoms with Crippen LogP contribution in [0.25, 0.3) is 78.7 Å². The molecule has 1 aliphatic rings. The molecular weight excluding hydrogens is 747 g/mol. The highest BCUT2D eigenvalue weighted by Crippen LogP contribution is 2.49. The summed E-state index contributed by atoms with van der Waals surface area (Å²) in [4.78, 5) is 14.5. The van der Waals surface area contributed by atoms with Crippen LogP contribution in [0.1, 0.15) is 29.2 Å². The van der Waals surface area contributed by atoms with E-state index < -0.39 is 5.60 Å². The molecule has 0 saturated heterocycles. The number of rotatable bonds is 7. The van der Waals surface area contributed by atoms with Crippen molar-refractivity contribution in [1.82, 2.24) is 15.0 Å². The highest BCUT2D eigenvalue weighted by molar-refractivity contribution is 5.84. The van der Waals surface area contributed by atoms with Crippen LogP contribution in [0.5, 0.6) is 5.75 Å². The van der Waals surface area contributed by atoms with E-state index in [9.17, 15) is 10.5 Å². The number of hydrogen-bond donors (Lipinski definition) is 0. The average molecular weight is 782 g/mol. The summed E-state index contributed by atoms with van der Waals surface area (Å²) in [5, 5.41) is 20.8. The molecule has 1 unspecified atom stereocenters. The molecule has 9 aromatic rings. The van der Waals surface area contributed by atoms with Crippen molar-refractivity contribution in [2.75, 3.05) is 0 Å². The van der Waals surface area contributed by atoms with Crippen LogP contribution >= 0.6 is 0 Å². The Balaban J connectivity index is 0.948. The van der Waals surface area contributed by atoms with Crippen molar-refractivity contribution in [3.05, 3.63) is 216 Å². The largest absolute Gasteiger partial charge is 0.477 e. The molecule has 0 bridgehead atoms. The number of fused-ring (bicyclic) bond motifs is 3. The summed E-state index contributed by atoms with van der Waals surface area (Å²) in [5.74, 6) is 2.39. The molecule has 0 aliphatic carbocycles. The van der Waals surface area contributed by atoms with E-state index in [4.69, 9.17) is 19.7 Å². The first kappa shape index (κ1) is 36.9. The number of hydrogen-bond acceptors (Lipinski definition) is 6. The van der Waals surface area contributed by atoms with Crippen LogP contribution in [0.15, 0.2) is 194 Å². The van der Waals surface area contributed by atoms with Gasteiger partial charge in [-0.15, -0.1) is 0 Å². The molecule has 0 saturated carbocycles. The van der Waals surface area contributed by atoms with Gasteiger partial charge < -0.3 is 4.74 Å². The fourth-order valence-corrected chi connectivity index (χ4v) is 8.25. The highest BCUT2D eigenvalue weighted by Gasteiger charge is 2.38. The van der Waals surface area contributed by atoms with Crippen molar-refractivity contribution < 1.29 is 4.74 Å². The molecule has 0 radical (unpaired) electrons. The van der Waals surface area contributed by atoms with Crippen LogP contribution in [0.4, 0.5) is 0 Å². The van der Waals surface area contributed by atoms with Crippen LogP contribution in [-0.4, -0.2) is 15.0 Å². The summed E-state index contributed by atoms with van der Waals surface area (Å²) in [6, 6.07) is 69.2. The predicted molar refractivity (Wildman–Crippen MR) is 241 cm³/mol. The Morgan fingerprint density at radius 1 is 0.393 bits per heavy atom. The Bertz CT molecular complexity index is 3130. The number of nitrogens with zero attached hydrogens (tertiary/aromatic N) is 5. The zero-order valence-electron chi connectivity index (χ0n) is 33.1. The zero-order chi connectivity index (χ0) is 41.3. The number of benzene rings is 8. The van der Waals surface area contributed by atoms with E-state index in [1.807, 2.05) is 109 Å². The summed E-state index contributed by atoms with van der Waals surface area (Å²) >= 11 is 0. The third kappa shape index (κ3) is 6.79.